The molecule has 0 spiro atoms. The monoisotopic (exact) mass is 261 g/mol. The minimum absolute atomic E-state index is 0.0365. The molecule has 0 fully saturated rings. The highest BCUT2D eigenvalue weighted by Crippen LogP contribution is 2.24. The smallest absolute Gasteiger partial charge is 0.123 e. The van der Waals surface area contributed by atoms with Gasteiger partial charge in [0.15, 0.2) is 0 Å². The van der Waals surface area contributed by atoms with Gasteiger partial charge in [0.25, 0.3) is 0 Å². The third-order valence-electron chi connectivity index (χ3n) is 3.14. The largest absolute Gasteiger partial charge is 0.305 e. The molecule has 0 radical (unpaired) electrons. The van der Waals surface area contributed by atoms with Crippen molar-refractivity contribution in [2.75, 3.05) is 6.54 Å². The Bertz CT molecular complexity index is 555. The van der Waals surface area contributed by atoms with Crippen molar-refractivity contribution in [2.24, 2.45) is 7.05 Å². The van der Waals surface area contributed by atoms with E-state index in [-0.39, 0.29) is 11.9 Å². The van der Waals surface area contributed by atoms with E-state index in [1.165, 1.54) is 0 Å². The molecule has 0 bridgehead atoms. The molecular weight excluding hydrogens is 241 g/mol. The fourth-order valence-electron chi connectivity index (χ4n) is 2.43. The van der Waals surface area contributed by atoms with Crippen molar-refractivity contribution >= 4 is 0 Å². The Hall–Kier alpha value is -1.68. The summed E-state index contributed by atoms with van der Waals surface area (Å²) in [5.74, 6) is -0.197. The Morgan fingerprint density at radius 2 is 2.00 bits per heavy atom. The summed E-state index contributed by atoms with van der Waals surface area (Å²) < 4.78 is 15.5. The number of benzene rings is 1. The van der Waals surface area contributed by atoms with Crippen LogP contribution in [0.2, 0.25) is 0 Å². The van der Waals surface area contributed by atoms with Crippen molar-refractivity contribution in [3.63, 3.8) is 0 Å². The fraction of sp³-hybridized carbons (Fsp3) is 0.400. The maximum absolute atomic E-state index is 13.6. The zero-order valence-electron chi connectivity index (χ0n) is 11.9. The molecule has 0 saturated heterocycles. The summed E-state index contributed by atoms with van der Waals surface area (Å²) in [6, 6.07) is 7.14. The number of aryl methyl sites for hydroxylation is 3. The van der Waals surface area contributed by atoms with Gasteiger partial charge in [-0.3, -0.25) is 4.68 Å². The lowest BCUT2D eigenvalue weighted by molar-refractivity contribution is 0.563. The number of rotatable bonds is 4. The van der Waals surface area contributed by atoms with Crippen LogP contribution in [0.3, 0.4) is 0 Å². The van der Waals surface area contributed by atoms with Crippen molar-refractivity contribution in [3.05, 3.63) is 52.6 Å². The van der Waals surface area contributed by atoms with E-state index < -0.39 is 0 Å². The fourth-order valence-corrected chi connectivity index (χ4v) is 2.43. The van der Waals surface area contributed by atoms with Crippen molar-refractivity contribution in [1.82, 2.24) is 15.1 Å². The van der Waals surface area contributed by atoms with Gasteiger partial charge in [-0.25, -0.2) is 4.39 Å². The highest BCUT2D eigenvalue weighted by molar-refractivity contribution is 5.32. The SMILES string of the molecule is CCNC(c1cc(C)cc(F)c1)c1cc(C)nn1C. The first-order valence-electron chi connectivity index (χ1n) is 6.52. The van der Waals surface area contributed by atoms with E-state index in [0.717, 1.165) is 29.1 Å². The summed E-state index contributed by atoms with van der Waals surface area (Å²) in [7, 11) is 1.92. The van der Waals surface area contributed by atoms with Gasteiger partial charge in [0.05, 0.1) is 17.4 Å². The molecule has 1 aromatic carbocycles. The average Bonchev–Trinajstić information content (AvgIpc) is 2.64. The number of aromatic nitrogens is 2. The molecular formula is C15H20FN3. The number of hydrogen-bond acceptors (Lipinski definition) is 2. The first-order valence-corrected chi connectivity index (χ1v) is 6.52. The summed E-state index contributed by atoms with van der Waals surface area (Å²) in [5, 5.41) is 7.76. The minimum atomic E-state index is -0.197. The second kappa shape index (κ2) is 5.53. The van der Waals surface area contributed by atoms with Crippen LogP contribution in [0.1, 0.15) is 35.5 Å². The highest BCUT2D eigenvalue weighted by atomic mass is 19.1. The Morgan fingerprint density at radius 3 is 2.53 bits per heavy atom. The Labute approximate surface area is 113 Å². The lowest BCUT2D eigenvalue weighted by Crippen LogP contribution is -2.24. The van der Waals surface area contributed by atoms with Crippen LogP contribution in [-0.4, -0.2) is 16.3 Å². The molecule has 1 unspecified atom stereocenters. The third-order valence-corrected chi connectivity index (χ3v) is 3.14. The summed E-state index contributed by atoms with van der Waals surface area (Å²) in [6.07, 6.45) is 0. The lowest BCUT2D eigenvalue weighted by Gasteiger charge is -2.19. The Morgan fingerprint density at radius 1 is 1.26 bits per heavy atom. The second-order valence-corrected chi connectivity index (χ2v) is 4.89. The zero-order valence-corrected chi connectivity index (χ0v) is 11.9. The molecule has 3 nitrogen and oxygen atoms in total. The van der Waals surface area contributed by atoms with Gasteiger partial charge in [-0.1, -0.05) is 13.0 Å². The molecule has 19 heavy (non-hydrogen) atoms. The van der Waals surface area contributed by atoms with Gasteiger partial charge in [0.2, 0.25) is 0 Å². The maximum Gasteiger partial charge on any atom is 0.123 e. The number of nitrogens with one attached hydrogen (secondary N) is 1. The molecule has 1 heterocycles. The minimum Gasteiger partial charge on any atom is -0.305 e. The molecule has 0 aliphatic carbocycles. The Balaban J connectivity index is 2.47. The molecule has 0 aliphatic heterocycles. The number of halogens is 1. The molecule has 0 saturated carbocycles. The summed E-state index contributed by atoms with van der Waals surface area (Å²) in [5.41, 5.74) is 3.87. The molecule has 0 aliphatic rings. The number of hydrogen-bond donors (Lipinski definition) is 1. The molecule has 0 amide bonds. The molecule has 1 aromatic heterocycles. The maximum atomic E-state index is 13.6. The van der Waals surface area contributed by atoms with Crippen LogP contribution < -0.4 is 5.32 Å². The quantitative estimate of drug-likeness (QED) is 0.917. The van der Waals surface area contributed by atoms with Gasteiger partial charge in [0.1, 0.15) is 5.82 Å². The van der Waals surface area contributed by atoms with Crippen LogP contribution in [0, 0.1) is 19.7 Å². The van der Waals surface area contributed by atoms with Gasteiger partial charge < -0.3 is 5.32 Å². The average molecular weight is 261 g/mol. The molecule has 1 N–H and O–H groups in total. The summed E-state index contributed by atoms with van der Waals surface area (Å²) >= 11 is 0. The standard InChI is InChI=1S/C15H20FN3/c1-5-17-15(14-8-11(3)18-19(14)4)12-6-10(2)7-13(16)9-12/h6-9,15,17H,5H2,1-4H3. The predicted octanol–water partition coefficient (Wildman–Crippen LogP) is 2.87. The van der Waals surface area contributed by atoms with Crippen molar-refractivity contribution in [2.45, 2.75) is 26.8 Å². The van der Waals surface area contributed by atoms with Crippen LogP contribution in [0.5, 0.6) is 0 Å². The van der Waals surface area contributed by atoms with Crippen LogP contribution in [-0.2, 0) is 7.05 Å². The van der Waals surface area contributed by atoms with Crippen molar-refractivity contribution in [1.29, 1.82) is 0 Å². The normalized spacial score (nSPS) is 12.7. The van der Waals surface area contributed by atoms with Gasteiger partial charge in [-0.15, -0.1) is 0 Å². The zero-order chi connectivity index (χ0) is 14.0. The van der Waals surface area contributed by atoms with E-state index in [1.54, 1.807) is 12.1 Å². The van der Waals surface area contributed by atoms with Crippen molar-refractivity contribution in [3.8, 4) is 0 Å². The number of nitrogens with zero attached hydrogens (tertiary/aromatic N) is 2. The summed E-state index contributed by atoms with van der Waals surface area (Å²) in [6.45, 7) is 6.72. The van der Waals surface area contributed by atoms with E-state index in [0.29, 0.717) is 0 Å². The topological polar surface area (TPSA) is 29.9 Å². The van der Waals surface area contributed by atoms with Gasteiger partial charge in [-0.05, 0) is 49.7 Å². The van der Waals surface area contributed by atoms with Gasteiger partial charge in [-0.2, -0.15) is 5.10 Å². The van der Waals surface area contributed by atoms with E-state index in [4.69, 9.17) is 0 Å². The molecule has 102 valence electrons. The van der Waals surface area contributed by atoms with E-state index >= 15 is 0 Å². The molecule has 2 rings (SSSR count). The first-order chi connectivity index (χ1) is 9.01. The van der Waals surface area contributed by atoms with Crippen LogP contribution in [0.15, 0.2) is 24.3 Å². The van der Waals surface area contributed by atoms with Crippen molar-refractivity contribution < 1.29 is 4.39 Å². The van der Waals surface area contributed by atoms with Crippen LogP contribution >= 0.6 is 0 Å². The van der Waals surface area contributed by atoms with Gasteiger partial charge >= 0.3 is 0 Å². The predicted molar refractivity (Wildman–Crippen MR) is 74.6 cm³/mol. The van der Waals surface area contributed by atoms with Crippen LogP contribution in [0.25, 0.3) is 0 Å². The van der Waals surface area contributed by atoms with E-state index in [1.807, 2.05) is 44.6 Å². The highest BCUT2D eigenvalue weighted by Gasteiger charge is 2.18. The third kappa shape index (κ3) is 3.01. The second-order valence-electron chi connectivity index (χ2n) is 4.89. The van der Waals surface area contributed by atoms with Gasteiger partial charge in [0, 0.05) is 7.05 Å². The van der Waals surface area contributed by atoms with E-state index in [9.17, 15) is 4.39 Å². The molecule has 1 atom stereocenters. The Kier molecular flexibility index (Phi) is 4.00. The molecule has 4 heteroatoms. The van der Waals surface area contributed by atoms with E-state index in [2.05, 4.69) is 10.4 Å². The first kappa shape index (κ1) is 13.7. The molecule has 2 aromatic rings. The summed E-state index contributed by atoms with van der Waals surface area (Å²) in [4.78, 5) is 0. The van der Waals surface area contributed by atoms with Crippen LogP contribution in [0.4, 0.5) is 4.39 Å². The lowest BCUT2D eigenvalue weighted by atomic mass is 10.0.